The normalized spacial score (nSPS) is 38.6. The van der Waals surface area contributed by atoms with E-state index in [1.165, 1.54) is 19.3 Å². The number of hydrogen-bond donors (Lipinski definition) is 2. The number of rotatable bonds is 7. The van der Waals surface area contributed by atoms with Crippen LogP contribution in [0, 0.1) is 23.7 Å². The van der Waals surface area contributed by atoms with Crippen molar-refractivity contribution in [2.24, 2.45) is 23.7 Å². The maximum Gasteiger partial charge on any atom is 0.147 e. The van der Waals surface area contributed by atoms with Crippen molar-refractivity contribution in [3.8, 4) is 0 Å². The van der Waals surface area contributed by atoms with Gasteiger partial charge in [-0.1, -0.05) is 13.3 Å². The smallest absolute Gasteiger partial charge is 0.147 e. The van der Waals surface area contributed by atoms with Gasteiger partial charge in [-0.2, -0.15) is 12.6 Å². The lowest BCUT2D eigenvalue weighted by atomic mass is 10.1. The summed E-state index contributed by atoms with van der Waals surface area (Å²) >= 11 is 4.24. The van der Waals surface area contributed by atoms with Crippen LogP contribution < -0.4 is 5.32 Å². The van der Waals surface area contributed by atoms with E-state index in [1.807, 2.05) is 0 Å². The summed E-state index contributed by atoms with van der Waals surface area (Å²) in [6, 6.07) is 0.412. The zero-order valence-electron chi connectivity index (χ0n) is 11.1. The van der Waals surface area contributed by atoms with Crippen molar-refractivity contribution in [1.29, 1.82) is 0 Å². The van der Waals surface area contributed by atoms with E-state index in [0.29, 0.717) is 11.8 Å². The fraction of sp³-hybridized carbons (Fsp3) is 0.929. The van der Waals surface area contributed by atoms with Gasteiger partial charge in [0, 0.05) is 11.8 Å². The van der Waals surface area contributed by atoms with Crippen LogP contribution in [0.15, 0.2) is 0 Å². The van der Waals surface area contributed by atoms with Crippen molar-refractivity contribution in [3.05, 3.63) is 0 Å². The molecule has 2 aliphatic rings. The van der Waals surface area contributed by atoms with Gasteiger partial charge in [-0.15, -0.1) is 0 Å². The lowest BCUT2D eigenvalue weighted by Crippen LogP contribution is -2.43. The molecular weight excluding hydrogens is 230 g/mol. The molecule has 0 amide bonds. The average Bonchev–Trinajstić information content (AvgIpc) is 3.15. The van der Waals surface area contributed by atoms with Crippen molar-refractivity contribution < 1.29 is 4.79 Å². The number of ketones is 1. The first-order valence-corrected chi connectivity index (χ1v) is 7.59. The molecule has 17 heavy (non-hydrogen) atoms. The molecule has 0 radical (unpaired) electrons. The third kappa shape index (κ3) is 3.05. The molecule has 0 saturated heterocycles. The van der Waals surface area contributed by atoms with E-state index in [-0.39, 0.29) is 11.8 Å². The molecule has 0 heterocycles. The maximum atomic E-state index is 11.4. The maximum absolute atomic E-state index is 11.4. The summed E-state index contributed by atoms with van der Waals surface area (Å²) in [6.45, 7) is 6.18. The predicted octanol–water partition coefficient (Wildman–Crippen LogP) is 2.53. The fourth-order valence-electron chi connectivity index (χ4n) is 3.31. The Morgan fingerprint density at radius 2 is 2.12 bits per heavy atom. The third-order valence-corrected chi connectivity index (χ3v) is 5.09. The van der Waals surface area contributed by atoms with Crippen LogP contribution in [-0.2, 0) is 4.79 Å². The van der Waals surface area contributed by atoms with Gasteiger partial charge in [-0.25, -0.2) is 0 Å². The van der Waals surface area contributed by atoms with Crippen molar-refractivity contribution in [2.45, 2.75) is 52.1 Å². The molecule has 1 N–H and O–H groups in total. The Morgan fingerprint density at radius 1 is 1.41 bits per heavy atom. The highest BCUT2D eigenvalue weighted by Gasteiger charge is 2.54. The first-order valence-electron chi connectivity index (χ1n) is 6.95. The molecule has 3 heteroatoms. The standard InChI is InChI=1S/C14H25NOS/c1-4-10-5-12(10)13-6-11(13)8(2)15-14(7-17)9(3)16/h8,10-15,17H,4-7H2,1-3H3. The molecular formula is C14H25NOS. The second-order valence-electron chi connectivity index (χ2n) is 5.93. The molecule has 2 aliphatic carbocycles. The van der Waals surface area contributed by atoms with E-state index in [1.54, 1.807) is 6.92 Å². The Kier molecular flexibility index (Phi) is 4.19. The summed E-state index contributed by atoms with van der Waals surface area (Å²) in [5.74, 6) is 4.57. The number of carbonyl (C=O) groups excluding carboxylic acids is 1. The number of hydrogen-bond acceptors (Lipinski definition) is 3. The molecule has 0 aromatic carbocycles. The molecule has 0 bridgehead atoms. The van der Waals surface area contributed by atoms with E-state index in [9.17, 15) is 4.79 Å². The van der Waals surface area contributed by atoms with E-state index in [4.69, 9.17) is 0 Å². The molecule has 98 valence electrons. The van der Waals surface area contributed by atoms with Crippen LogP contribution in [0.4, 0.5) is 0 Å². The molecule has 2 saturated carbocycles. The number of Topliss-reactive ketones (excluding diaryl/α,β-unsaturated/α-hetero) is 1. The molecule has 6 atom stereocenters. The van der Waals surface area contributed by atoms with Gasteiger partial charge >= 0.3 is 0 Å². The summed E-state index contributed by atoms with van der Waals surface area (Å²) in [5.41, 5.74) is 0. The van der Waals surface area contributed by atoms with Gasteiger partial charge in [0.25, 0.3) is 0 Å². The van der Waals surface area contributed by atoms with Crippen LogP contribution >= 0.6 is 12.6 Å². The fourth-order valence-corrected chi connectivity index (χ4v) is 3.67. The number of thiol groups is 1. The van der Waals surface area contributed by atoms with Gasteiger partial charge in [0.2, 0.25) is 0 Å². The van der Waals surface area contributed by atoms with Gasteiger partial charge in [-0.3, -0.25) is 4.79 Å². The predicted molar refractivity (Wildman–Crippen MR) is 74.4 cm³/mol. The number of nitrogens with one attached hydrogen (secondary N) is 1. The zero-order valence-corrected chi connectivity index (χ0v) is 12.0. The highest BCUT2D eigenvalue weighted by Crippen LogP contribution is 2.59. The van der Waals surface area contributed by atoms with Gasteiger partial charge < -0.3 is 5.32 Å². The summed E-state index contributed by atoms with van der Waals surface area (Å²) in [5, 5.41) is 3.45. The molecule has 2 fully saturated rings. The SMILES string of the molecule is CCC1CC1C1CC1C(C)NC(CS)C(C)=O. The molecule has 0 aromatic heterocycles. The second-order valence-corrected chi connectivity index (χ2v) is 6.30. The van der Waals surface area contributed by atoms with Crippen molar-refractivity contribution in [2.75, 3.05) is 5.75 Å². The minimum absolute atomic E-state index is 0.0595. The molecule has 2 rings (SSSR count). The van der Waals surface area contributed by atoms with E-state index in [0.717, 1.165) is 23.7 Å². The Labute approximate surface area is 110 Å². The van der Waals surface area contributed by atoms with Crippen LogP contribution in [0.2, 0.25) is 0 Å². The highest BCUT2D eigenvalue weighted by molar-refractivity contribution is 7.80. The molecule has 2 nitrogen and oxygen atoms in total. The first-order chi connectivity index (χ1) is 8.08. The lowest BCUT2D eigenvalue weighted by molar-refractivity contribution is -0.118. The van der Waals surface area contributed by atoms with Gasteiger partial charge in [0.15, 0.2) is 0 Å². The molecule has 0 aliphatic heterocycles. The Hall–Kier alpha value is -0.0200. The van der Waals surface area contributed by atoms with Gasteiger partial charge in [0.05, 0.1) is 6.04 Å². The van der Waals surface area contributed by atoms with Crippen LogP contribution in [0.5, 0.6) is 0 Å². The van der Waals surface area contributed by atoms with Crippen LogP contribution in [0.1, 0.15) is 40.0 Å². The summed E-state index contributed by atoms with van der Waals surface area (Å²) in [7, 11) is 0. The minimum Gasteiger partial charge on any atom is -0.304 e. The average molecular weight is 255 g/mol. The molecule has 0 aromatic rings. The van der Waals surface area contributed by atoms with E-state index in [2.05, 4.69) is 31.8 Å². The Balaban J connectivity index is 1.75. The quantitative estimate of drug-likeness (QED) is 0.685. The Morgan fingerprint density at radius 3 is 2.59 bits per heavy atom. The molecule has 0 spiro atoms. The topological polar surface area (TPSA) is 29.1 Å². The monoisotopic (exact) mass is 255 g/mol. The molecule has 6 unspecified atom stereocenters. The second kappa shape index (κ2) is 5.31. The van der Waals surface area contributed by atoms with Crippen LogP contribution in [0.3, 0.4) is 0 Å². The van der Waals surface area contributed by atoms with Crippen LogP contribution in [0.25, 0.3) is 0 Å². The van der Waals surface area contributed by atoms with Crippen molar-refractivity contribution >= 4 is 18.4 Å². The summed E-state index contributed by atoms with van der Waals surface area (Å²) < 4.78 is 0. The minimum atomic E-state index is -0.0595. The lowest BCUT2D eigenvalue weighted by Gasteiger charge is -2.20. The first kappa shape index (κ1) is 13.4. The summed E-state index contributed by atoms with van der Waals surface area (Å²) in [4.78, 5) is 11.4. The van der Waals surface area contributed by atoms with Crippen LogP contribution in [-0.4, -0.2) is 23.6 Å². The largest absolute Gasteiger partial charge is 0.304 e. The van der Waals surface area contributed by atoms with Gasteiger partial charge in [0.1, 0.15) is 5.78 Å². The number of carbonyl (C=O) groups is 1. The Bertz CT molecular complexity index is 294. The van der Waals surface area contributed by atoms with Crippen molar-refractivity contribution in [1.82, 2.24) is 5.32 Å². The van der Waals surface area contributed by atoms with E-state index < -0.39 is 0 Å². The summed E-state index contributed by atoms with van der Waals surface area (Å²) in [6.07, 6.45) is 4.17. The zero-order chi connectivity index (χ0) is 12.6. The van der Waals surface area contributed by atoms with E-state index >= 15 is 0 Å². The highest BCUT2D eigenvalue weighted by atomic mass is 32.1. The van der Waals surface area contributed by atoms with Crippen molar-refractivity contribution in [3.63, 3.8) is 0 Å². The van der Waals surface area contributed by atoms with Gasteiger partial charge in [-0.05, 0) is 50.4 Å². The third-order valence-electron chi connectivity index (χ3n) is 4.72.